The number of aromatic nitrogens is 5. The van der Waals surface area contributed by atoms with Crippen LogP contribution in [0.25, 0.3) is 16.2 Å². The molecular weight excluding hydrogens is 296 g/mol. The van der Waals surface area contributed by atoms with Gasteiger partial charge in [-0.05, 0) is 19.1 Å². The molecule has 0 saturated carbocycles. The van der Waals surface area contributed by atoms with Crippen molar-refractivity contribution >= 4 is 28.1 Å². The van der Waals surface area contributed by atoms with Gasteiger partial charge >= 0.3 is 0 Å². The molecule has 22 heavy (non-hydrogen) atoms. The molecule has 108 valence electrons. The average molecular weight is 308 g/mol. The molecule has 0 fully saturated rings. The largest absolute Gasteiger partial charge is 0.306 e. The van der Waals surface area contributed by atoms with Crippen molar-refractivity contribution in [3.05, 3.63) is 53.5 Å². The van der Waals surface area contributed by atoms with Gasteiger partial charge in [-0.1, -0.05) is 30.3 Å². The Balaban J connectivity index is 1.70. The van der Waals surface area contributed by atoms with Crippen molar-refractivity contribution in [2.75, 3.05) is 5.32 Å². The van der Waals surface area contributed by atoms with Crippen LogP contribution in [0.15, 0.2) is 47.8 Å². The molecule has 0 spiro atoms. The molecular formula is C15H12N6S. The monoisotopic (exact) mass is 308 g/mol. The van der Waals surface area contributed by atoms with E-state index < -0.39 is 0 Å². The van der Waals surface area contributed by atoms with Crippen molar-refractivity contribution in [1.29, 1.82) is 0 Å². The fourth-order valence-corrected chi connectivity index (χ4v) is 2.95. The van der Waals surface area contributed by atoms with Crippen LogP contribution < -0.4 is 5.32 Å². The number of thiazole rings is 1. The summed E-state index contributed by atoms with van der Waals surface area (Å²) in [4.78, 5) is 5.30. The van der Waals surface area contributed by atoms with E-state index in [0.717, 1.165) is 21.9 Å². The Labute approximate surface area is 130 Å². The van der Waals surface area contributed by atoms with Gasteiger partial charge in [0.1, 0.15) is 0 Å². The van der Waals surface area contributed by atoms with Gasteiger partial charge in [0.05, 0.1) is 11.4 Å². The summed E-state index contributed by atoms with van der Waals surface area (Å²) in [7, 11) is 0. The van der Waals surface area contributed by atoms with Crippen LogP contribution in [0.1, 0.15) is 5.69 Å². The van der Waals surface area contributed by atoms with E-state index in [2.05, 4.69) is 43.1 Å². The number of rotatable bonds is 3. The Morgan fingerprint density at radius 1 is 1.05 bits per heavy atom. The normalized spacial score (nSPS) is 11.0. The predicted molar refractivity (Wildman–Crippen MR) is 86.4 cm³/mol. The highest BCUT2D eigenvalue weighted by Gasteiger charge is 2.11. The van der Waals surface area contributed by atoms with Crippen molar-refractivity contribution in [2.45, 2.75) is 6.92 Å². The Morgan fingerprint density at radius 2 is 1.91 bits per heavy atom. The summed E-state index contributed by atoms with van der Waals surface area (Å²) < 4.78 is 1.84. The van der Waals surface area contributed by atoms with E-state index in [1.165, 1.54) is 0 Å². The minimum atomic E-state index is 0.516. The molecule has 0 radical (unpaired) electrons. The van der Waals surface area contributed by atoms with E-state index in [1.807, 2.05) is 41.8 Å². The molecule has 0 unspecified atom stereocenters. The van der Waals surface area contributed by atoms with Gasteiger partial charge < -0.3 is 5.32 Å². The van der Waals surface area contributed by atoms with Crippen molar-refractivity contribution < 1.29 is 0 Å². The highest BCUT2D eigenvalue weighted by Crippen LogP contribution is 2.26. The number of hydrogen-bond acceptors (Lipinski definition) is 6. The van der Waals surface area contributed by atoms with Gasteiger partial charge in [-0.15, -0.1) is 21.5 Å². The second kappa shape index (κ2) is 5.19. The van der Waals surface area contributed by atoms with E-state index in [9.17, 15) is 0 Å². The Hall–Kier alpha value is -2.80. The van der Waals surface area contributed by atoms with Crippen LogP contribution in [0.5, 0.6) is 0 Å². The van der Waals surface area contributed by atoms with Crippen molar-refractivity contribution in [3.63, 3.8) is 0 Å². The third-order valence-electron chi connectivity index (χ3n) is 3.19. The van der Waals surface area contributed by atoms with Gasteiger partial charge in [-0.25, -0.2) is 4.52 Å². The SMILES string of the molecule is Cc1ccc(Nc2nc3scc(-c4ccccc4)n3n2)nn1. The van der Waals surface area contributed by atoms with Crippen LogP contribution in [-0.2, 0) is 0 Å². The first-order chi connectivity index (χ1) is 10.8. The van der Waals surface area contributed by atoms with Gasteiger partial charge in [-0.3, -0.25) is 0 Å². The Kier molecular flexibility index (Phi) is 3.05. The molecule has 0 saturated heterocycles. The van der Waals surface area contributed by atoms with Crippen LogP contribution in [0, 0.1) is 6.92 Å². The third-order valence-corrected chi connectivity index (χ3v) is 4.01. The molecule has 0 amide bonds. The Bertz CT molecular complexity index is 910. The third kappa shape index (κ3) is 2.31. The Morgan fingerprint density at radius 3 is 2.68 bits per heavy atom. The lowest BCUT2D eigenvalue weighted by Crippen LogP contribution is -1.98. The zero-order valence-electron chi connectivity index (χ0n) is 11.8. The smallest absolute Gasteiger partial charge is 0.249 e. The number of aryl methyl sites for hydroxylation is 1. The first-order valence-electron chi connectivity index (χ1n) is 6.77. The molecule has 4 rings (SSSR count). The number of anilines is 2. The topological polar surface area (TPSA) is 68.0 Å². The number of benzene rings is 1. The number of nitrogens with one attached hydrogen (secondary N) is 1. The molecule has 0 aliphatic rings. The van der Waals surface area contributed by atoms with E-state index in [1.54, 1.807) is 11.3 Å². The van der Waals surface area contributed by atoms with Gasteiger partial charge in [0, 0.05) is 10.9 Å². The fraction of sp³-hybridized carbons (Fsp3) is 0.0667. The molecule has 4 aromatic rings. The molecule has 6 nitrogen and oxygen atoms in total. The maximum absolute atomic E-state index is 4.50. The van der Waals surface area contributed by atoms with E-state index >= 15 is 0 Å². The summed E-state index contributed by atoms with van der Waals surface area (Å²) in [5.74, 6) is 1.15. The van der Waals surface area contributed by atoms with Gasteiger partial charge in [0.15, 0.2) is 5.82 Å². The number of hydrogen-bond donors (Lipinski definition) is 1. The molecule has 0 atom stereocenters. The highest BCUT2D eigenvalue weighted by molar-refractivity contribution is 7.15. The van der Waals surface area contributed by atoms with Gasteiger partial charge in [0.2, 0.25) is 10.9 Å². The van der Waals surface area contributed by atoms with Crippen molar-refractivity contribution in [1.82, 2.24) is 24.8 Å². The molecule has 7 heteroatoms. The number of nitrogens with zero attached hydrogens (tertiary/aromatic N) is 5. The minimum absolute atomic E-state index is 0.516. The first-order valence-corrected chi connectivity index (χ1v) is 7.64. The van der Waals surface area contributed by atoms with Crippen LogP contribution >= 0.6 is 11.3 Å². The summed E-state index contributed by atoms with van der Waals surface area (Å²) in [5, 5.41) is 17.7. The number of fused-ring (bicyclic) bond motifs is 1. The minimum Gasteiger partial charge on any atom is -0.306 e. The first kappa shape index (κ1) is 12.9. The summed E-state index contributed by atoms with van der Waals surface area (Å²) in [5.41, 5.74) is 3.01. The lowest BCUT2D eigenvalue weighted by atomic mass is 10.2. The molecule has 0 aliphatic heterocycles. The van der Waals surface area contributed by atoms with Crippen LogP contribution in [0.3, 0.4) is 0 Å². The highest BCUT2D eigenvalue weighted by atomic mass is 32.1. The molecule has 0 aliphatic carbocycles. The lowest BCUT2D eigenvalue weighted by Gasteiger charge is -1.99. The zero-order valence-corrected chi connectivity index (χ0v) is 12.6. The summed E-state index contributed by atoms with van der Waals surface area (Å²) >= 11 is 1.56. The zero-order chi connectivity index (χ0) is 14.9. The second-order valence-electron chi connectivity index (χ2n) is 4.80. The van der Waals surface area contributed by atoms with Gasteiger partial charge in [0.25, 0.3) is 0 Å². The molecule has 1 aromatic carbocycles. The van der Waals surface area contributed by atoms with E-state index in [0.29, 0.717) is 11.8 Å². The molecule has 1 N–H and O–H groups in total. The molecule has 0 bridgehead atoms. The fourth-order valence-electron chi connectivity index (χ4n) is 2.12. The standard InChI is InChI=1S/C15H12N6S/c1-10-7-8-13(19-18-10)16-14-17-15-21(20-14)12(9-22-15)11-5-3-2-4-6-11/h2-9H,1H3,(H,16,19,20). The lowest BCUT2D eigenvalue weighted by molar-refractivity contribution is 0.965. The quantitative estimate of drug-likeness (QED) is 0.629. The van der Waals surface area contributed by atoms with Crippen LogP contribution in [0.2, 0.25) is 0 Å². The van der Waals surface area contributed by atoms with Crippen molar-refractivity contribution in [2.24, 2.45) is 0 Å². The maximum atomic E-state index is 4.50. The van der Waals surface area contributed by atoms with Crippen LogP contribution in [-0.4, -0.2) is 24.8 Å². The summed E-state index contributed by atoms with van der Waals surface area (Å²) in [6.45, 7) is 1.90. The van der Waals surface area contributed by atoms with Crippen LogP contribution in [0.4, 0.5) is 11.8 Å². The van der Waals surface area contributed by atoms with E-state index in [-0.39, 0.29) is 0 Å². The van der Waals surface area contributed by atoms with Crippen molar-refractivity contribution in [3.8, 4) is 11.3 Å². The van der Waals surface area contributed by atoms with E-state index in [4.69, 9.17) is 0 Å². The summed E-state index contributed by atoms with van der Waals surface area (Å²) in [6.07, 6.45) is 0. The maximum Gasteiger partial charge on any atom is 0.249 e. The average Bonchev–Trinajstić information content (AvgIpc) is 3.10. The second-order valence-corrected chi connectivity index (χ2v) is 5.64. The summed E-state index contributed by atoms with van der Waals surface area (Å²) in [6, 6.07) is 13.9. The predicted octanol–water partition coefficient (Wildman–Crippen LogP) is 3.30. The molecule has 3 heterocycles. The van der Waals surface area contributed by atoms with Gasteiger partial charge in [-0.2, -0.15) is 10.1 Å². The molecule has 3 aromatic heterocycles.